The number of fused-ring (bicyclic) bond motifs is 1. The van der Waals surface area contributed by atoms with E-state index in [1.807, 2.05) is 24.3 Å². The second-order valence-electron chi connectivity index (χ2n) is 8.88. The highest BCUT2D eigenvalue weighted by atomic mass is 16.5. The molecular formula is C23H35N3O4. The van der Waals surface area contributed by atoms with Gasteiger partial charge < -0.3 is 19.9 Å². The molecule has 3 aliphatic rings. The third-order valence-corrected chi connectivity index (χ3v) is 6.98. The summed E-state index contributed by atoms with van der Waals surface area (Å²) in [5, 5.41) is 13.8. The Morgan fingerprint density at radius 3 is 2.70 bits per heavy atom. The van der Waals surface area contributed by atoms with Crippen LogP contribution in [0.2, 0.25) is 0 Å². The van der Waals surface area contributed by atoms with E-state index in [4.69, 9.17) is 9.47 Å². The number of aliphatic hydroxyl groups is 1. The van der Waals surface area contributed by atoms with Crippen LogP contribution in [0.4, 0.5) is 0 Å². The lowest BCUT2D eigenvalue weighted by Crippen LogP contribution is -2.53. The van der Waals surface area contributed by atoms with Crippen LogP contribution in [0.15, 0.2) is 24.3 Å². The summed E-state index contributed by atoms with van der Waals surface area (Å²) in [6.07, 6.45) is 2.36. The molecule has 0 bridgehead atoms. The number of para-hydroxylation sites is 1. The number of nitrogens with one attached hydrogen (secondary N) is 1. The monoisotopic (exact) mass is 417 g/mol. The van der Waals surface area contributed by atoms with E-state index in [0.717, 1.165) is 70.0 Å². The van der Waals surface area contributed by atoms with Gasteiger partial charge in [-0.25, -0.2) is 0 Å². The van der Waals surface area contributed by atoms with Gasteiger partial charge in [-0.1, -0.05) is 18.2 Å². The number of methoxy groups -OCH3 is 1. The molecule has 166 valence electrons. The van der Waals surface area contributed by atoms with Gasteiger partial charge in [0.25, 0.3) is 0 Å². The molecule has 1 aromatic rings. The Labute approximate surface area is 179 Å². The summed E-state index contributed by atoms with van der Waals surface area (Å²) >= 11 is 0. The molecule has 7 nitrogen and oxygen atoms in total. The molecule has 1 aliphatic carbocycles. The van der Waals surface area contributed by atoms with E-state index in [1.165, 1.54) is 0 Å². The molecule has 0 unspecified atom stereocenters. The van der Waals surface area contributed by atoms with Crippen molar-refractivity contribution in [1.82, 2.24) is 15.1 Å². The second-order valence-corrected chi connectivity index (χ2v) is 8.88. The molecule has 0 aromatic heterocycles. The molecule has 0 radical (unpaired) electrons. The summed E-state index contributed by atoms with van der Waals surface area (Å²) in [6.45, 7) is 6.27. The molecular weight excluding hydrogens is 382 g/mol. The van der Waals surface area contributed by atoms with Gasteiger partial charge >= 0.3 is 0 Å². The maximum absolute atomic E-state index is 12.5. The van der Waals surface area contributed by atoms with Gasteiger partial charge in [0.15, 0.2) is 0 Å². The van der Waals surface area contributed by atoms with Gasteiger partial charge in [0.2, 0.25) is 5.91 Å². The number of amides is 1. The first kappa shape index (κ1) is 21.6. The topological polar surface area (TPSA) is 74.3 Å². The highest BCUT2D eigenvalue weighted by molar-refractivity contribution is 5.78. The Bertz CT molecular complexity index is 709. The summed E-state index contributed by atoms with van der Waals surface area (Å²) in [5.74, 6) is 2.01. The zero-order chi connectivity index (χ0) is 20.9. The summed E-state index contributed by atoms with van der Waals surface area (Å²) in [7, 11) is 1.67. The fourth-order valence-corrected chi connectivity index (χ4v) is 5.44. The van der Waals surface area contributed by atoms with Gasteiger partial charge in [0.1, 0.15) is 5.75 Å². The molecule has 2 aliphatic heterocycles. The average molecular weight is 418 g/mol. The minimum atomic E-state index is -0.265. The third-order valence-electron chi connectivity index (χ3n) is 6.98. The molecule has 4 atom stereocenters. The van der Waals surface area contributed by atoms with Gasteiger partial charge in [-0.2, -0.15) is 0 Å². The van der Waals surface area contributed by atoms with Crippen molar-refractivity contribution in [3.8, 4) is 5.75 Å². The largest absolute Gasteiger partial charge is 0.496 e. The molecule has 7 heteroatoms. The van der Waals surface area contributed by atoms with E-state index < -0.39 is 0 Å². The smallest absolute Gasteiger partial charge is 0.234 e. The normalized spacial score (nSPS) is 30.1. The Morgan fingerprint density at radius 2 is 1.93 bits per heavy atom. The number of carbonyl (C=O) groups excluding carboxylic acids is 1. The minimum absolute atomic E-state index is 0.0776. The van der Waals surface area contributed by atoms with Crippen molar-refractivity contribution in [3.05, 3.63) is 29.8 Å². The van der Waals surface area contributed by atoms with Gasteiger partial charge in [-0.3, -0.25) is 14.6 Å². The van der Waals surface area contributed by atoms with Crippen molar-refractivity contribution in [2.45, 2.75) is 31.4 Å². The van der Waals surface area contributed by atoms with Crippen LogP contribution in [0.3, 0.4) is 0 Å². The Balaban J connectivity index is 1.22. The van der Waals surface area contributed by atoms with E-state index >= 15 is 0 Å². The highest BCUT2D eigenvalue weighted by Gasteiger charge is 2.43. The predicted octanol–water partition coefficient (Wildman–Crippen LogP) is 0.757. The molecule has 4 rings (SSSR count). The van der Waals surface area contributed by atoms with E-state index in [-0.39, 0.29) is 18.1 Å². The number of hydrogen-bond acceptors (Lipinski definition) is 6. The zero-order valence-electron chi connectivity index (χ0n) is 18.0. The number of rotatable bonds is 7. The van der Waals surface area contributed by atoms with Crippen LogP contribution in [0.25, 0.3) is 0 Å². The quantitative estimate of drug-likeness (QED) is 0.682. The third kappa shape index (κ3) is 5.14. The van der Waals surface area contributed by atoms with Gasteiger partial charge in [0, 0.05) is 38.8 Å². The van der Waals surface area contributed by atoms with Crippen molar-refractivity contribution in [2.75, 3.05) is 59.6 Å². The van der Waals surface area contributed by atoms with Crippen LogP contribution >= 0.6 is 0 Å². The zero-order valence-corrected chi connectivity index (χ0v) is 18.0. The lowest BCUT2D eigenvalue weighted by molar-refractivity contribution is -0.122. The maximum atomic E-state index is 12.5. The highest BCUT2D eigenvalue weighted by Crippen LogP contribution is 2.38. The SMILES string of the molecule is COc1ccccc1CCNC(=O)CN1C[C@H]2C[C@@H](N3CCOCC3)[C@H](O)C[C@H]2C1. The average Bonchev–Trinajstić information content (AvgIpc) is 3.14. The number of hydrogen-bond donors (Lipinski definition) is 2. The number of nitrogens with zero attached hydrogens (tertiary/aromatic N) is 2. The predicted molar refractivity (Wildman–Crippen MR) is 115 cm³/mol. The number of likely N-dealkylation sites (tertiary alicyclic amines) is 1. The van der Waals surface area contributed by atoms with Crippen molar-refractivity contribution in [3.63, 3.8) is 0 Å². The molecule has 30 heavy (non-hydrogen) atoms. The van der Waals surface area contributed by atoms with E-state index in [0.29, 0.717) is 24.9 Å². The lowest BCUT2D eigenvalue weighted by Gasteiger charge is -2.43. The summed E-state index contributed by atoms with van der Waals surface area (Å²) in [5.41, 5.74) is 1.11. The number of carbonyl (C=O) groups is 1. The Kier molecular flexibility index (Phi) is 7.25. The number of ether oxygens (including phenoxy) is 2. The van der Waals surface area contributed by atoms with Crippen molar-refractivity contribution >= 4 is 5.91 Å². The van der Waals surface area contributed by atoms with Crippen molar-refractivity contribution in [2.24, 2.45) is 11.8 Å². The Hall–Kier alpha value is -1.67. The van der Waals surface area contributed by atoms with Crippen LogP contribution in [-0.4, -0.2) is 92.6 Å². The first-order chi connectivity index (χ1) is 14.6. The van der Waals surface area contributed by atoms with E-state index in [1.54, 1.807) is 7.11 Å². The van der Waals surface area contributed by atoms with Gasteiger partial charge in [-0.15, -0.1) is 0 Å². The molecule has 1 saturated carbocycles. The first-order valence-electron chi connectivity index (χ1n) is 11.2. The number of aliphatic hydroxyl groups excluding tert-OH is 1. The first-order valence-corrected chi connectivity index (χ1v) is 11.2. The number of morpholine rings is 1. The molecule has 2 N–H and O–H groups in total. The van der Waals surface area contributed by atoms with Crippen molar-refractivity contribution < 1.29 is 19.4 Å². The summed E-state index contributed by atoms with van der Waals surface area (Å²) < 4.78 is 10.8. The molecule has 0 spiro atoms. The minimum Gasteiger partial charge on any atom is -0.496 e. The Morgan fingerprint density at radius 1 is 1.20 bits per heavy atom. The maximum Gasteiger partial charge on any atom is 0.234 e. The van der Waals surface area contributed by atoms with E-state index in [2.05, 4.69) is 15.1 Å². The van der Waals surface area contributed by atoms with Gasteiger partial charge in [0.05, 0.1) is 33.0 Å². The van der Waals surface area contributed by atoms with Crippen LogP contribution in [0, 0.1) is 11.8 Å². The summed E-state index contributed by atoms with van der Waals surface area (Å²) in [4.78, 5) is 17.1. The van der Waals surface area contributed by atoms with Gasteiger partial charge in [-0.05, 0) is 42.7 Å². The van der Waals surface area contributed by atoms with Crippen LogP contribution in [-0.2, 0) is 16.0 Å². The number of benzene rings is 1. The molecule has 1 aromatic carbocycles. The van der Waals surface area contributed by atoms with Crippen LogP contribution in [0.5, 0.6) is 5.75 Å². The van der Waals surface area contributed by atoms with Crippen LogP contribution in [0.1, 0.15) is 18.4 Å². The molecule has 1 amide bonds. The van der Waals surface area contributed by atoms with E-state index in [9.17, 15) is 9.90 Å². The second kappa shape index (κ2) is 10.1. The fourth-order valence-electron chi connectivity index (χ4n) is 5.44. The summed E-state index contributed by atoms with van der Waals surface area (Å²) in [6, 6.07) is 8.16. The molecule has 2 saturated heterocycles. The lowest BCUT2D eigenvalue weighted by atomic mass is 9.77. The van der Waals surface area contributed by atoms with Crippen molar-refractivity contribution in [1.29, 1.82) is 0 Å². The molecule has 2 heterocycles. The molecule has 3 fully saturated rings. The fraction of sp³-hybridized carbons (Fsp3) is 0.696. The van der Waals surface area contributed by atoms with Crippen LogP contribution < -0.4 is 10.1 Å². The standard InChI is InChI=1S/C23H35N3O4/c1-29-22-5-3-2-4-17(22)6-7-24-23(28)16-25-14-18-12-20(21(27)13-19(18)15-25)26-8-10-30-11-9-26/h2-5,18-21,27H,6-16H2,1H3,(H,24,28)/t18-,19+,20-,21-/m1/s1.